The first-order chi connectivity index (χ1) is 6.19. The number of hydrogen-bond donors (Lipinski definition) is 2. The van der Waals surface area contributed by atoms with Gasteiger partial charge in [0.1, 0.15) is 5.75 Å². The van der Waals surface area contributed by atoms with Crippen molar-refractivity contribution in [1.82, 2.24) is 4.98 Å². The van der Waals surface area contributed by atoms with Crippen LogP contribution < -0.4 is 14.9 Å². The number of methoxy groups -OCH3 is 2. The van der Waals surface area contributed by atoms with Gasteiger partial charge in [-0.1, -0.05) is 0 Å². The van der Waals surface area contributed by atoms with Gasteiger partial charge in [-0.15, -0.1) is 0 Å². The van der Waals surface area contributed by atoms with Crippen molar-refractivity contribution in [3.63, 3.8) is 0 Å². The minimum absolute atomic E-state index is 0.231. The molecule has 0 atom stereocenters. The molecule has 0 fully saturated rings. The first-order valence-corrected chi connectivity index (χ1v) is 3.63. The van der Waals surface area contributed by atoms with Crippen molar-refractivity contribution in [2.75, 3.05) is 14.2 Å². The van der Waals surface area contributed by atoms with Crippen molar-refractivity contribution in [3.05, 3.63) is 12.3 Å². The van der Waals surface area contributed by atoms with Crippen LogP contribution in [0.5, 0.6) is 11.6 Å². The summed E-state index contributed by atoms with van der Waals surface area (Å²) < 4.78 is 9.68. The molecule has 5 nitrogen and oxygen atoms in total. The lowest BCUT2D eigenvalue weighted by atomic mass is 9.80. The van der Waals surface area contributed by atoms with Crippen molar-refractivity contribution >= 4 is 12.6 Å². The summed E-state index contributed by atoms with van der Waals surface area (Å²) in [5.41, 5.74) is 0.231. The predicted octanol–water partition coefficient (Wildman–Crippen LogP) is -1.22. The van der Waals surface area contributed by atoms with Gasteiger partial charge in [0.2, 0.25) is 5.88 Å². The van der Waals surface area contributed by atoms with Gasteiger partial charge in [0, 0.05) is 11.5 Å². The maximum absolute atomic E-state index is 8.95. The molecule has 0 aliphatic rings. The lowest BCUT2D eigenvalue weighted by Gasteiger charge is -2.07. The third-order valence-electron chi connectivity index (χ3n) is 1.58. The summed E-state index contributed by atoms with van der Waals surface area (Å²) in [5.74, 6) is 0.625. The van der Waals surface area contributed by atoms with E-state index in [-0.39, 0.29) is 5.46 Å². The maximum atomic E-state index is 8.95. The number of aromatic nitrogens is 1. The van der Waals surface area contributed by atoms with E-state index < -0.39 is 7.12 Å². The van der Waals surface area contributed by atoms with Crippen molar-refractivity contribution in [2.24, 2.45) is 0 Å². The van der Waals surface area contributed by atoms with Gasteiger partial charge < -0.3 is 19.5 Å². The third-order valence-corrected chi connectivity index (χ3v) is 1.58. The molecule has 6 heteroatoms. The summed E-state index contributed by atoms with van der Waals surface area (Å²) in [6.45, 7) is 0. The van der Waals surface area contributed by atoms with Crippen molar-refractivity contribution in [1.29, 1.82) is 0 Å². The molecule has 1 heterocycles. The van der Waals surface area contributed by atoms with E-state index in [2.05, 4.69) is 4.98 Å². The molecule has 13 heavy (non-hydrogen) atoms. The Morgan fingerprint density at radius 1 is 1.31 bits per heavy atom. The fourth-order valence-electron chi connectivity index (χ4n) is 0.922. The zero-order valence-corrected chi connectivity index (χ0v) is 7.39. The first kappa shape index (κ1) is 9.82. The average molecular weight is 183 g/mol. The van der Waals surface area contributed by atoms with Crippen molar-refractivity contribution in [3.8, 4) is 11.6 Å². The van der Waals surface area contributed by atoms with E-state index in [1.807, 2.05) is 0 Å². The lowest BCUT2D eigenvalue weighted by molar-refractivity contribution is 0.384. The molecule has 1 aromatic rings. The SMILES string of the molecule is COc1cc(B(O)O)c(OC)cn1. The molecule has 0 aromatic carbocycles. The van der Waals surface area contributed by atoms with E-state index in [0.717, 1.165) is 0 Å². The molecule has 0 aliphatic carbocycles. The minimum atomic E-state index is -1.59. The highest BCUT2D eigenvalue weighted by molar-refractivity contribution is 6.59. The lowest BCUT2D eigenvalue weighted by Crippen LogP contribution is -2.31. The molecule has 0 saturated carbocycles. The van der Waals surface area contributed by atoms with Gasteiger partial charge in [0.25, 0.3) is 0 Å². The van der Waals surface area contributed by atoms with Crippen LogP contribution in [0.15, 0.2) is 12.3 Å². The Morgan fingerprint density at radius 2 is 2.00 bits per heavy atom. The summed E-state index contributed by atoms with van der Waals surface area (Å²) in [5, 5.41) is 17.9. The van der Waals surface area contributed by atoms with E-state index in [0.29, 0.717) is 11.6 Å². The summed E-state index contributed by atoms with van der Waals surface area (Å²) in [7, 11) is 1.28. The van der Waals surface area contributed by atoms with Crippen LogP contribution in [0.2, 0.25) is 0 Å². The second-order valence-electron chi connectivity index (χ2n) is 2.34. The topological polar surface area (TPSA) is 71.8 Å². The van der Waals surface area contributed by atoms with E-state index in [1.54, 1.807) is 0 Å². The number of rotatable bonds is 3. The minimum Gasteiger partial charge on any atom is -0.495 e. The van der Waals surface area contributed by atoms with Crippen LogP contribution in [-0.2, 0) is 0 Å². The molecular formula is C7H10BNO4. The summed E-state index contributed by atoms with van der Waals surface area (Å²) in [6.07, 6.45) is 1.37. The fraction of sp³-hybridized carbons (Fsp3) is 0.286. The van der Waals surface area contributed by atoms with Crippen molar-refractivity contribution < 1.29 is 19.5 Å². The normalized spacial score (nSPS) is 9.54. The Bertz CT molecular complexity index is 292. The molecule has 1 aromatic heterocycles. The first-order valence-electron chi connectivity index (χ1n) is 3.63. The molecule has 0 spiro atoms. The van der Waals surface area contributed by atoms with E-state index >= 15 is 0 Å². The molecule has 2 N–H and O–H groups in total. The zero-order valence-electron chi connectivity index (χ0n) is 7.39. The molecule has 0 aliphatic heterocycles. The van der Waals surface area contributed by atoms with Crippen LogP contribution >= 0.6 is 0 Å². The van der Waals surface area contributed by atoms with E-state index in [4.69, 9.17) is 19.5 Å². The molecule has 0 amide bonds. The highest BCUT2D eigenvalue weighted by Crippen LogP contribution is 2.10. The summed E-state index contributed by atoms with van der Waals surface area (Å²) in [4.78, 5) is 3.84. The third kappa shape index (κ3) is 2.10. The Labute approximate surface area is 76.1 Å². The van der Waals surface area contributed by atoms with E-state index in [9.17, 15) is 0 Å². The standard InChI is InChI=1S/C7H10BNO4/c1-12-6-4-9-7(13-2)3-5(6)8(10)11/h3-4,10-11H,1-2H3. The zero-order chi connectivity index (χ0) is 9.84. The molecular weight excluding hydrogens is 173 g/mol. The van der Waals surface area contributed by atoms with Gasteiger partial charge in [-0.2, -0.15) is 0 Å². The van der Waals surface area contributed by atoms with Gasteiger partial charge >= 0.3 is 7.12 Å². The smallest absolute Gasteiger partial charge is 0.492 e. The van der Waals surface area contributed by atoms with E-state index in [1.165, 1.54) is 26.5 Å². The van der Waals surface area contributed by atoms with Crippen LogP contribution in [0.25, 0.3) is 0 Å². The van der Waals surface area contributed by atoms with Gasteiger partial charge in [-0.25, -0.2) is 4.98 Å². The van der Waals surface area contributed by atoms with Gasteiger partial charge in [-0.3, -0.25) is 0 Å². The highest BCUT2D eigenvalue weighted by atomic mass is 16.5. The molecule has 70 valence electrons. The Hall–Kier alpha value is -1.27. The number of nitrogens with zero attached hydrogens (tertiary/aromatic N) is 1. The Morgan fingerprint density at radius 3 is 2.46 bits per heavy atom. The number of ether oxygens (including phenoxy) is 2. The second kappa shape index (κ2) is 4.11. The molecule has 0 unspecified atom stereocenters. The summed E-state index contributed by atoms with van der Waals surface area (Å²) >= 11 is 0. The maximum Gasteiger partial charge on any atom is 0.492 e. The fourth-order valence-corrected chi connectivity index (χ4v) is 0.922. The molecule has 0 radical (unpaired) electrons. The summed E-state index contributed by atoms with van der Waals surface area (Å²) in [6, 6.07) is 1.41. The van der Waals surface area contributed by atoms with Gasteiger partial charge in [0.15, 0.2) is 0 Å². The van der Waals surface area contributed by atoms with Crippen LogP contribution in [0, 0.1) is 0 Å². The predicted molar refractivity (Wildman–Crippen MR) is 47.2 cm³/mol. The largest absolute Gasteiger partial charge is 0.495 e. The highest BCUT2D eigenvalue weighted by Gasteiger charge is 2.18. The van der Waals surface area contributed by atoms with Crippen LogP contribution in [-0.4, -0.2) is 36.4 Å². The quantitative estimate of drug-likeness (QED) is 0.574. The van der Waals surface area contributed by atoms with Gasteiger partial charge in [0.05, 0.1) is 20.4 Å². The Balaban J connectivity index is 3.10. The second-order valence-corrected chi connectivity index (χ2v) is 2.34. The van der Waals surface area contributed by atoms with Crippen LogP contribution in [0.1, 0.15) is 0 Å². The average Bonchev–Trinajstić information content (AvgIpc) is 2.16. The van der Waals surface area contributed by atoms with Crippen molar-refractivity contribution in [2.45, 2.75) is 0 Å². The monoisotopic (exact) mass is 183 g/mol. The van der Waals surface area contributed by atoms with Crippen LogP contribution in [0.4, 0.5) is 0 Å². The van der Waals surface area contributed by atoms with Gasteiger partial charge in [-0.05, 0) is 0 Å². The molecule has 0 saturated heterocycles. The molecule has 1 rings (SSSR count). The Kier molecular flexibility index (Phi) is 3.10. The van der Waals surface area contributed by atoms with Crippen LogP contribution in [0.3, 0.4) is 0 Å². The number of hydrogen-bond acceptors (Lipinski definition) is 5. The number of pyridine rings is 1. The molecule has 0 bridgehead atoms.